The molecule has 0 aliphatic carbocycles. The van der Waals surface area contributed by atoms with E-state index in [2.05, 4.69) is 13.8 Å². The molecule has 0 saturated heterocycles. The Morgan fingerprint density at radius 3 is 0.825 bits per heavy atom. The van der Waals surface area contributed by atoms with Crippen molar-refractivity contribution in [2.75, 3.05) is 6.61 Å². The van der Waals surface area contributed by atoms with Crippen molar-refractivity contribution in [3.8, 4) is 0 Å². The normalized spacial score (nSPS) is 11.3. The first-order chi connectivity index (χ1) is 19.8. The van der Waals surface area contributed by atoms with Crippen molar-refractivity contribution in [1.82, 2.24) is 0 Å². The highest BCUT2D eigenvalue weighted by atomic mass is 16.5. The Bertz CT molecular complexity index is 460. The maximum absolute atomic E-state index is 11.9. The number of rotatable bonds is 35. The summed E-state index contributed by atoms with van der Waals surface area (Å²) in [6.45, 7) is 5.22. The Morgan fingerprint density at radius 1 is 0.325 bits per heavy atom. The minimum atomic E-state index is 0.0293. The number of esters is 1. The second-order valence-corrected chi connectivity index (χ2v) is 12.9. The van der Waals surface area contributed by atoms with Crippen LogP contribution in [0.15, 0.2) is 0 Å². The highest BCUT2D eigenvalue weighted by Crippen LogP contribution is 2.16. The molecule has 0 spiro atoms. The van der Waals surface area contributed by atoms with Crippen LogP contribution in [0.4, 0.5) is 0 Å². The lowest BCUT2D eigenvalue weighted by Crippen LogP contribution is -2.05. The summed E-state index contributed by atoms with van der Waals surface area (Å²) >= 11 is 0. The van der Waals surface area contributed by atoms with Crippen LogP contribution in [-0.2, 0) is 9.53 Å². The molecule has 0 rings (SSSR count). The molecule has 0 aromatic heterocycles. The Hall–Kier alpha value is -0.530. The molecule has 0 amide bonds. The smallest absolute Gasteiger partial charge is 0.305 e. The molecular formula is C38H76O2. The van der Waals surface area contributed by atoms with Crippen LogP contribution < -0.4 is 0 Å². The van der Waals surface area contributed by atoms with Gasteiger partial charge in [0.1, 0.15) is 0 Å². The first-order valence-corrected chi connectivity index (χ1v) is 19.0. The molecule has 40 heavy (non-hydrogen) atoms. The molecule has 0 heterocycles. The molecular weight excluding hydrogens is 488 g/mol. The van der Waals surface area contributed by atoms with Crippen LogP contribution in [0.5, 0.6) is 0 Å². The average molecular weight is 565 g/mol. The zero-order valence-electron chi connectivity index (χ0n) is 28.1. The van der Waals surface area contributed by atoms with Gasteiger partial charge in [0, 0.05) is 6.42 Å². The zero-order valence-corrected chi connectivity index (χ0v) is 28.1. The molecule has 0 atom stereocenters. The van der Waals surface area contributed by atoms with Crippen LogP contribution in [-0.4, -0.2) is 12.6 Å². The van der Waals surface area contributed by atoms with Crippen molar-refractivity contribution < 1.29 is 9.53 Å². The fourth-order valence-corrected chi connectivity index (χ4v) is 5.90. The van der Waals surface area contributed by atoms with E-state index in [9.17, 15) is 4.79 Å². The number of hydrogen-bond donors (Lipinski definition) is 0. The SMILES string of the molecule is CCCCCCCCCCCCCCCCCCCCCC(=O)OCCCCCCCCCCCCCCCC. The molecule has 0 N–H and O–H groups in total. The van der Waals surface area contributed by atoms with Crippen molar-refractivity contribution in [2.45, 2.75) is 232 Å². The first-order valence-electron chi connectivity index (χ1n) is 19.0. The molecule has 0 fully saturated rings. The molecule has 2 heteroatoms. The third-order valence-electron chi connectivity index (χ3n) is 8.75. The van der Waals surface area contributed by atoms with Crippen molar-refractivity contribution in [3.05, 3.63) is 0 Å². The predicted octanol–water partition coefficient (Wildman–Crippen LogP) is 13.8. The number of carbonyl (C=O) groups is 1. The summed E-state index contributed by atoms with van der Waals surface area (Å²) in [5.74, 6) is 0.0293. The largest absolute Gasteiger partial charge is 0.466 e. The maximum atomic E-state index is 11.9. The summed E-state index contributed by atoms with van der Waals surface area (Å²) in [5, 5.41) is 0. The molecule has 0 saturated carbocycles. The van der Waals surface area contributed by atoms with E-state index >= 15 is 0 Å². The monoisotopic (exact) mass is 565 g/mol. The molecule has 0 bridgehead atoms. The van der Waals surface area contributed by atoms with Crippen LogP contribution in [0.2, 0.25) is 0 Å². The van der Waals surface area contributed by atoms with Gasteiger partial charge in [-0.1, -0.05) is 213 Å². The van der Waals surface area contributed by atoms with E-state index in [-0.39, 0.29) is 5.97 Å². The molecule has 240 valence electrons. The topological polar surface area (TPSA) is 26.3 Å². The minimum absolute atomic E-state index is 0.0293. The fourth-order valence-electron chi connectivity index (χ4n) is 5.90. The Kier molecular flexibility index (Phi) is 36.0. The van der Waals surface area contributed by atoms with Gasteiger partial charge in [0.2, 0.25) is 0 Å². The Balaban J connectivity index is 3.14. The van der Waals surface area contributed by atoms with Crippen LogP contribution >= 0.6 is 0 Å². The predicted molar refractivity (Wildman–Crippen MR) is 179 cm³/mol. The highest BCUT2D eigenvalue weighted by molar-refractivity contribution is 5.69. The van der Waals surface area contributed by atoms with Gasteiger partial charge in [0.15, 0.2) is 0 Å². The summed E-state index contributed by atoms with van der Waals surface area (Å²) in [6.07, 6.45) is 46.0. The molecule has 0 aromatic rings. The number of carbonyl (C=O) groups excluding carboxylic acids is 1. The molecule has 0 radical (unpaired) electrons. The van der Waals surface area contributed by atoms with Gasteiger partial charge >= 0.3 is 5.97 Å². The molecule has 0 aliphatic heterocycles. The van der Waals surface area contributed by atoms with Crippen molar-refractivity contribution in [1.29, 1.82) is 0 Å². The number of unbranched alkanes of at least 4 members (excludes halogenated alkanes) is 31. The van der Waals surface area contributed by atoms with Crippen LogP contribution in [0.3, 0.4) is 0 Å². The summed E-state index contributed by atoms with van der Waals surface area (Å²) in [7, 11) is 0. The van der Waals surface area contributed by atoms with E-state index in [4.69, 9.17) is 4.74 Å². The van der Waals surface area contributed by atoms with Crippen molar-refractivity contribution >= 4 is 5.97 Å². The summed E-state index contributed by atoms with van der Waals surface area (Å²) in [6, 6.07) is 0. The zero-order chi connectivity index (χ0) is 29.0. The number of ether oxygens (including phenoxy) is 1. The third-order valence-corrected chi connectivity index (χ3v) is 8.75. The van der Waals surface area contributed by atoms with Crippen LogP contribution in [0.1, 0.15) is 232 Å². The lowest BCUT2D eigenvalue weighted by molar-refractivity contribution is -0.143. The average Bonchev–Trinajstić information content (AvgIpc) is 2.96. The van der Waals surface area contributed by atoms with Gasteiger partial charge in [-0.15, -0.1) is 0 Å². The van der Waals surface area contributed by atoms with E-state index in [1.54, 1.807) is 0 Å². The van der Waals surface area contributed by atoms with Gasteiger partial charge in [-0.25, -0.2) is 0 Å². The van der Waals surface area contributed by atoms with Crippen molar-refractivity contribution in [3.63, 3.8) is 0 Å². The Labute approximate surface area is 254 Å². The lowest BCUT2D eigenvalue weighted by atomic mass is 10.0. The van der Waals surface area contributed by atoms with Gasteiger partial charge in [0.25, 0.3) is 0 Å². The summed E-state index contributed by atoms with van der Waals surface area (Å²) in [5.41, 5.74) is 0. The van der Waals surface area contributed by atoms with Gasteiger partial charge in [-0.2, -0.15) is 0 Å². The second kappa shape index (κ2) is 36.5. The van der Waals surface area contributed by atoms with Crippen LogP contribution in [0.25, 0.3) is 0 Å². The van der Waals surface area contributed by atoms with E-state index < -0.39 is 0 Å². The van der Waals surface area contributed by atoms with E-state index in [1.807, 2.05) is 0 Å². The first kappa shape index (κ1) is 39.5. The maximum Gasteiger partial charge on any atom is 0.305 e. The fraction of sp³-hybridized carbons (Fsp3) is 0.974. The van der Waals surface area contributed by atoms with E-state index in [0.29, 0.717) is 13.0 Å². The van der Waals surface area contributed by atoms with Gasteiger partial charge in [-0.3, -0.25) is 4.79 Å². The lowest BCUT2D eigenvalue weighted by Gasteiger charge is -2.06. The third kappa shape index (κ3) is 35.5. The summed E-state index contributed by atoms with van der Waals surface area (Å²) < 4.78 is 5.45. The standard InChI is InChI=1S/C38H76O2/c1-3-5-7-9-11-13-15-17-19-20-21-22-23-24-26-28-30-32-34-36-38(39)40-37-35-33-31-29-27-25-18-16-14-12-10-8-6-4-2/h3-37H2,1-2H3. The Morgan fingerprint density at radius 2 is 0.550 bits per heavy atom. The summed E-state index contributed by atoms with van der Waals surface area (Å²) in [4.78, 5) is 11.9. The van der Waals surface area contributed by atoms with Crippen LogP contribution in [0, 0.1) is 0 Å². The minimum Gasteiger partial charge on any atom is -0.466 e. The molecule has 0 aliphatic rings. The van der Waals surface area contributed by atoms with Crippen molar-refractivity contribution in [2.24, 2.45) is 0 Å². The molecule has 0 aromatic carbocycles. The van der Waals surface area contributed by atoms with E-state index in [1.165, 1.54) is 199 Å². The van der Waals surface area contributed by atoms with E-state index in [0.717, 1.165) is 12.8 Å². The second-order valence-electron chi connectivity index (χ2n) is 12.9. The van der Waals surface area contributed by atoms with Gasteiger partial charge < -0.3 is 4.74 Å². The van der Waals surface area contributed by atoms with Gasteiger partial charge in [-0.05, 0) is 12.8 Å². The quantitative estimate of drug-likeness (QED) is 0.0565. The highest BCUT2D eigenvalue weighted by Gasteiger charge is 2.03. The number of hydrogen-bond acceptors (Lipinski definition) is 2. The van der Waals surface area contributed by atoms with Gasteiger partial charge in [0.05, 0.1) is 6.61 Å². The molecule has 0 unspecified atom stereocenters. The molecule has 2 nitrogen and oxygen atoms in total.